The van der Waals surface area contributed by atoms with Crippen molar-refractivity contribution >= 4 is 5.91 Å². The largest absolute Gasteiger partial charge is 0.375 e. The number of hydrogen-bond acceptors (Lipinski definition) is 4. The molecule has 0 unspecified atom stereocenters. The molecule has 1 atom stereocenters. The van der Waals surface area contributed by atoms with Crippen molar-refractivity contribution in [3.63, 3.8) is 0 Å². The zero-order valence-corrected chi connectivity index (χ0v) is 14.3. The van der Waals surface area contributed by atoms with E-state index < -0.39 is 0 Å². The Morgan fingerprint density at radius 3 is 2.78 bits per heavy atom. The van der Waals surface area contributed by atoms with E-state index in [2.05, 4.69) is 23.1 Å². The summed E-state index contributed by atoms with van der Waals surface area (Å²) in [7, 11) is 0. The molecule has 0 aliphatic carbocycles. The van der Waals surface area contributed by atoms with Gasteiger partial charge in [-0.05, 0) is 51.3 Å². The van der Waals surface area contributed by atoms with E-state index in [-0.39, 0.29) is 12.0 Å². The number of carbonyl (C=O) groups is 1. The maximum atomic E-state index is 12.4. The summed E-state index contributed by atoms with van der Waals surface area (Å²) in [4.78, 5) is 16.7. The average Bonchev–Trinajstić information content (AvgIpc) is 3.04. The summed E-state index contributed by atoms with van der Waals surface area (Å²) in [5, 5.41) is 4.38. The number of nitrogens with zero attached hydrogens (tertiary/aromatic N) is 4. The van der Waals surface area contributed by atoms with Crippen molar-refractivity contribution in [3.8, 4) is 0 Å². The molecule has 2 aliphatic rings. The van der Waals surface area contributed by atoms with Crippen LogP contribution in [0.4, 0.5) is 0 Å². The van der Waals surface area contributed by atoms with Crippen LogP contribution in [-0.4, -0.2) is 70.9 Å². The van der Waals surface area contributed by atoms with Crippen molar-refractivity contribution in [2.45, 2.75) is 45.3 Å². The summed E-state index contributed by atoms with van der Waals surface area (Å²) in [6.07, 6.45) is 6.56. The monoisotopic (exact) mass is 320 g/mol. The molecular formula is C17H28N4O2. The van der Waals surface area contributed by atoms with Gasteiger partial charge >= 0.3 is 0 Å². The minimum atomic E-state index is 0.161. The third-order valence-electron chi connectivity index (χ3n) is 4.99. The molecule has 0 radical (unpaired) electrons. The number of rotatable bonds is 4. The molecule has 0 bridgehead atoms. The molecule has 23 heavy (non-hydrogen) atoms. The number of piperidine rings is 1. The van der Waals surface area contributed by atoms with Crippen LogP contribution in [0.5, 0.6) is 0 Å². The predicted octanol–water partition coefficient (Wildman–Crippen LogP) is 1.33. The molecule has 0 saturated carbocycles. The second kappa shape index (κ2) is 7.45. The van der Waals surface area contributed by atoms with Gasteiger partial charge in [-0.15, -0.1) is 0 Å². The third kappa shape index (κ3) is 4.12. The fourth-order valence-corrected chi connectivity index (χ4v) is 3.52. The van der Waals surface area contributed by atoms with Crippen LogP contribution in [0.2, 0.25) is 0 Å². The van der Waals surface area contributed by atoms with Crippen LogP contribution in [0.25, 0.3) is 0 Å². The molecule has 1 aromatic rings. The Kier molecular flexibility index (Phi) is 5.33. The molecule has 2 saturated heterocycles. The molecule has 6 heteroatoms. The highest BCUT2D eigenvalue weighted by atomic mass is 16.5. The molecule has 3 rings (SSSR count). The SMILES string of the molecule is CCn1cc(C2CCN(CC(=O)N3CCO[C@H](C)C3)CC2)cn1. The first kappa shape index (κ1) is 16.5. The lowest BCUT2D eigenvalue weighted by molar-refractivity contribution is -0.139. The molecule has 6 nitrogen and oxygen atoms in total. The van der Waals surface area contributed by atoms with Gasteiger partial charge in [0.25, 0.3) is 0 Å². The summed E-state index contributed by atoms with van der Waals surface area (Å²) < 4.78 is 7.50. The van der Waals surface area contributed by atoms with Gasteiger partial charge in [-0.2, -0.15) is 5.10 Å². The molecule has 0 aromatic carbocycles. The number of amides is 1. The van der Waals surface area contributed by atoms with Crippen molar-refractivity contribution in [2.75, 3.05) is 39.3 Å². The molecule has 1 amide bonds. The molecule has 0 spiro atoms. The Morgan fingerprint density at radius 2 is 2.13 bits per heavy atom. The van der Waals surface area contributed by atoms with Crippen LogP contribution in [0.3, 0.4) is 0 Å². The number of aromatic nitrogens is 2. The Labute approximate surface area is 138 Å². The predicted molar refractivity (Wildman–Crippen MR) is 88.3 cm³/mol. The van der Waals surface area contributed by atoms with Gasteiger partial charge in [0, 0.05) is 25.8 Å². The Hall–Kier alpha value is -1.40. The van der Waals surface area contributed by atoms with E-state index in [9.17, 15) is 4.79 Å². The van der Waals surface area contributed by atoms with Gasteiger partial charge in [-0.1, -0.05) is 0 Å². The molecule has 0 N–H and O–H groups in total. The first-order valence-corrected chi connectivity index (χ1v) is 8.79. The quantitative estimate of drug-likeness (QED) is 0.840. The van der Waals surface area contributed by atoms with E-state index in [1.165, 1.54) is 5.56 Å². The van der Waals surface area contributed by atoms with Crippen LogP contribution in [-0.2, 0) is 16.1 Å². The molecule has 3 heterocycles. The van der Waals surface area contributed by atoms with Crippen LogP contribution in [0.1, 0.15) is 38.2 Å². The maximum Gasteiger partial charge on any atom is 0.236 e. The van der Waals surface area contributed by atoms with Crippen LogP contribution >= 0.6 is 0 Å². The van der Waals surface area contributed by atoms with E-state index in [4.69, 9.17) is 4.74 Å². The minimum absolute atomic E-state index is 0.161. The zero-order chi connectivity index (χ0) is 16.2. The Morgan fingerprint density at radius 1 is 1.35 bits per heavy atom. The van der Waals surface area contributed by atoms with Gasteiger partial charge in [0.15, 0.2) is 0 Å². The van der Waals surface area contributed by atoms with Crippen LogP contribution in [0, 0.1) is 0 Å². The number of carbonyl (C=O) groups excluding carboxylic acids is 1. The Bertz CT molecular complexity index is 522. The van der Waals surface area contributed by atoms with Crippen LogP contribution in [0.15, 0.2) is 12.4 Å². The summed E-state index contributed by atoms with van der Waals surface area (Å²) in [6.45, 7) is 9.72. The smallest absolute Gasteiger partial charge is 0.236 e. The first-order valence-electron chi connectivity index (χ1n) is 8.79. The summed E-state index contributed by atoms with van der Waals surface area (Å²) in [5.41, 5.74) is 1.35. The van der Waals surface area contributed by atoms with Crippen molar-refractivity contribution in [1.82, 2.24) is 19.6 Å². The lowest BCUT2D eigenvalue weighted by atomic mass is 9.91. The molecule has 2 aliphatic heterocycles. The van der Waals surface area contributed by atoms with Gasteiger partial charge in [-0.25, -0.2) is 0 Å². The van der Waals surface area contributed by atoms with E-state index in [1.807, 2.05) is 22.7 Å². The molecule has 128 valence electrons. The molecular weight excluding hydrogens is 292 g/mol. The number of morpholine rings is 1. The molecule has 1 aromatic heterocycles. The van der Waals surface area contributed by atoms with Crippen LogP contribution < -0.4 is 0 Å². The summed E-state index contributed by atoms with van der Waals surface area (Å²) in [5.74, 6) is 0.836. The number of ether oxygens (including phenoxy) is 1. The minimum Gasteiger partial charge on any atom is -0.375 e. The first-order chi connectivity index (χ1) is 11.2. The second-order valence-corrected chi connectivity index (χ2v) is 6.70. The van der Waals surface area contributed by atoms with Crippen molar-refractivity contribution in [1.29, 1.82) is 0 Å². The molecule has 2 fully saturated rings. The zero-order valence-electron chi connectivity index (χ0n) is 14.3. The third-order valence-corrected chi connectivity index (χ3v) is 4.99. The van der Waals surface area contributed by atoms with Crippen molar-refractivity contribution in [2.24, 2.45) is 0 Å². The van der Waals surface area contributed by atoms with E-state index in [0.29, 0.717) is 19.1 Å². The average molecular weight is 320 g/mol. The van der Waals surface area contributed by atoms with Gasteiger partial charge in [0.2, 0.25) is 5.91 Å². The second-order valence-electron chi connectivity index (χ2n) is 6.70. The number of likely N-dealkylation sites (tertiary alicyclic amines) is 1. The van der Waals surface area contributed by atoms with Gasteiger partial charge in [0.1, 0.15) is 0 Å². The Balaban J connectivity index is 1.46. The van der Waals surface area contributed by atoms with Gasteiger partial charge in [0.05, 0.1) is 25.5 Å². The van der Waals surface area contributed by atoms with Crippen molar-refractivity contribution < 1.29 is 9.53 Å². The van der Waals surface area contributed by atoms with Crippen molar-refractivity contribution in [3.05, 3.63) is 18.0 Å². The maximum absolute atomic E-state index is 12.4. The van der Waals surface area contributed by atoms with Gasteiger partial charge in [-0.3, -0.25) is 14.4 Å². The fraction of sp³-hybridized carbons (Fsp3) is 0.765. The van der Waals surface area contributed by atoms with E-state index in [1.54, 1.807) is 0 Å². The highest BCUT2D eigenvalue weighted by Gasteiger charge is 2.26. The lowest BCUT2D eigenvalue weighted by Crippen LogP contribution is -2.49. The standard InChI is InChI=1S/C17H28N4O2/c1-3-21-12-16(10-18-21)15-4-6-19(7-5-15)13-17(22)20-8-9-23-14(2)11-20/h10,12,14-15H,3-9,11,13H2,1-2H3/t14-/m1/s1. The van der Waals surface area contributed by atoms with E-state index in [0.717, 1.165) is 45.6 Å². The fourth-order valence-electron chi connectivity index (χ4n) is 3.52. The summed E-state index contributed by atoms with van der Waals surface area (Å²) >= 11 is 0. The highest BCUT2D eigenvalue weighted by molar-refractivity contribution is 5.78. The lowest BCUT2D eigenvalue weighted by Gasteiger charge is -2.35. The summed E-state index contributed by atoms with van der Waals surface area (Å²) in [6, 6.07) is 0. The topological polar surface area (TPSA) is 50.6 Å². The number of hydrogen-bond donors (Lipinski definition) is 0. The number of aryl methyl sites for hydroxylation is 1. The highest BCUT2D eigenvalue weighted by Crippen LogP contribution is 2.27. The van der Waals surface area contributed by atoms with Gasteiger partial charge < -0.3 is 9.64 Å². The van der Waals surface area contributed by atoms with E-state index >= 15 is 0 Å². The normalized spacial score (nSPS) is 24.1.